The van der Waals surface area contributed by atoms with Crippen LogP contribution in [0.4, 0.5) is 13.2 Å². The Bertz CT molecular complexity index is 737. The SMILES string of the molecule is CN(C)/C=C(/C(=O)C(F)(F)F)c1nnnn1-c1ccc(Br)cc1. The predicted molar refractivity (Wildman–Crippen MR) is 79.6 cm³/mol. The largest absolute Gasteiger partial charge is 0.455 e. The van der Waals surface area contributed by atoms with Crippen molar-refractivity contribution in [1.82, 2.24) is 25.1 Å². The number of rotatable bonds is 4. The van der Waals surface area contributed by atoms with Gasteiger partial charge in [0.15, 0.2) is 5.82 Å². The van der Waals surface area contributed by atoms with E-state index in [2.05, 4.69) is 31.5 Å². The highest BCUT2D eigenvalue weighted by atomic mass is 79.9. The molecular weight excluding hydrogens is 379 g/mol. The highest BCUT2D eigenvalue weighted by molar-refractivity contribution is 9.10. The molecule has 0 aliphatic heterocycles. The number of halogens is 4. The Kier molecular flexibility index (Phi) is 4.83. The van der Waals surface area contributed by atoms with Crippen molar-refractivity contribution in [2.45, 2.75) is 6.18 Å². The van der Waals surface area contributed by atoms with Crippen LogP contribution in [0.15, 0.2) is 34.9 Å². The van der Waals surface area contributed by atoms with Gasteiger partial charge in [0.25, 0.3) is 5.78 Å². The molecule has 1 aromatic carbocycles. The highest BCUT2D eigenvalue weighted by Crippen LogP contribution is 2.27. The number of Topliss-reactive ketones (excluding diaryl/α,β-unsaturated/α-hetero) is 1. The van der Waals surface area contributed by atoms with Crippen molar-refractivity contribution in [3.63, 3.8) is 0 Å². The van der Waals surface area contributed by atoms with Crippen molar-refractivity contribution in [1.29, 1.82) is 0 Å². The summed E-state index contributed by atoms with van der Waals surface area (Å²) in [6.45, 7) is 0. The molecule has 2 rings (SSSR count). The lowest BCUT2D eigenvalue weighted by Crippen LogP contribution is -2.26. The molecule has 0 saturated heterocycles. The molecule has 0 unspecified atom stereocenters. The van der Waals surface area contributed by atoms with E-state index in [-0.39, 0.29) is 5.82 Å². The van der Waals surface area contributed by atoms with Crippen LogP contribution in [0.2, 0.25) is 0 Å². The maximum absolute atomic E-state index is 12.8. The summed E-state index contributed by atoms with van der Waals surface area (Å²) in [5, 5.41) is 10.6. The van der Waals surface area contributed by atoms with E-state index in [4.69, 9.17) is 0 Å². The van der Waals surface area contributed by atoms with Gasteiger partial charge in [0.05, 0.1) is 11.3 Å². The molecule has 6 nitrogen and oxygen atoms in total. The third-order valence-corrected chi connectivity index (χ3v) is 3.20. The summed E-state index contributed by atoms with van der Waals surface area (Å²) in [6, 6.07) is 6.58. The monoisotopic (exact) mass is 389 g/mol. The Morgan fingerprint density at radius 3 is 2.39 bits per heavy atom. The van der Waals surface area contributed by atoms with Gasteiger partial charge in [0.1, 0.15) is 0 Å². The summed E-state index contributed by atoms with van der Waals surface area (Å²) in [5.74, 6) is -2.30. The van der Waals surface area contributed by atoms with Gasteiger partial charge in [-0.05, 0) is 34.7 Å². The van der Waals surface area contributed by atoms with Crippen LogP contribution in [-0.2, 0) is 4.79 Å². The zero-order valence-corrected chi connectivity index (χ0v) is 13.6. The number of alkyl halides is 3. The quantitative estimate of drug-likeness (QED) is 0.751. The van der Waals surface area contributed by atoms with Crippen LogP contribution in [0.25, 0.3) is 11.3 Å². The number of hydrogen-bond donors (Lipinski definition) is 0. The van der Waals surface area contributed by atoms with Gasteiger partial charge in [-0.1, -0.05) is 15.9 Å². The van der Waals surface area contributed by atoms with E-state index in [1.165, 1.54) is 19.0 Å². The van der Waals surface area contributed by atoms with E-state index in [0.29, 0.717) is 5.69 Å². The third kappa shape index (κ3) is 3.95. The van der Waals surface area contributed by atoms with Gasteiger partial charge >= 0.3 is 6.18 Å². The van der Waals surface area contributed by atoms with Crippen molar-refractivity contribution in [3.8, 4) is 5.69 Å². The van der Waals surface area contributed by atoms with Crippen LogP contribution in [0.3, 0.4) is 0 Å². The zero-order chi connectivity index (χ0) is 17.2. The molecule has 23 heavy (non-hydrogen) atoms. The van der Waals surface area contributed by atoms with Crippen LogP contribution in [-0.4, -0.2) is 51.2 Å². The third-order valence-electron chi connectivity index (χ3n) is 2.67. The van der Waals surface area contributed by atoms with E-state index in [9.17, 15) is 18.0 Å². The second-order valence-corrected chi connectivity index (χ2v) is 5.64. The molecule has 10 heteroatoms. The van der Waals surface area contributed by atoms with Gasteiger partial charge in [-0.3, -0.25) is 4.79 Å². The molecule has 0 amide bonds. The molecule has 0 radical (unpaired) electrons. The average molecular weight is 390 g/mol. The van der Waals surface area contributed by atoms with E-state index < -0.39 is 17.5 Å². The first-order chi connectivity index (χ1) is 10.7. The smallest absolute Gasteiger partial charge is 0.383 e. The molecule has 0 atom stereocenters. The summed E-state index contributed by atoms with van der Waals surface area (Å²) in [4.78, 5) is 13.0. The molecule has 0 fully saturated rings. The fraction of sp³-hybridized carbons (Fsp3) is 0.231. The molecule has 122 valence electrons. The fourth-order valence-electron chi connectivity index (χ4n) is 1.74. The molecule has 1 aromatic heterocycles. The van der Waals surface area contributed by atoms with Gasteiger partial charge in [-0.15, -0.1) is 5.10 Å². The summed E-state index contributed by atoms with van der Waals surface area (Å²) in [7, 11) is 2.99. The number of benzene rings is 1. The molecule has 0 saturated carbocycles. The Labute approximate surface area is 137 Å². The van der Waals surface area contributed by atoms with Gasteiger partial charge < -0.3 is 4.90 Å². The van der Waals surface area contributed by atoms with Crippen molar-refractivity contribution in [3.05, 3.63) is 40.8 Å². The number of aromatic nitrogens is 4. The molecule has 0 aliphatic carbocycles. The Hall–Kier alpha value is -2.23. The minimum absolute atomic E-state index is 0.289. The van der Waals surface area contributed by atoms with Gasteiger partial charge in [-0.25, -0.2) is 0 Å². The van der Waals surface area contributed by atoms with Crippen molar-refractivity contribution in [2.75, 3.05) is 14.1 Å². The highest BCUT2D eigenvalue weighted by Gasteiger charge is 2.43. The van der Waals surface area contributed by atoms with Gasteiger partial charge in [0.2, 0.25) is 0 Å². The molecule has 0 aliphatic rings. The Morgan fingerprint density at radius 1 is 1.26 bits per heavy atom. The minimum Gasteiger partial charge on any atom is -0.383 e. The first-order valence-corrected chi connectivity index (χ1v) is 7.04. The zero-order valence-electron chi connectivity index (χ0n) is 12.0. The van der Waals surface area contributed by atoms with Gasteiger partial charge in [-0.2, -0.15) is 17.9 Å². The van der Waals surface area contributed by atoms with Crippen LogP contribution in [0.1, 0.15) is 5.82 Å². The number of tetrazole rings is 1. The second-order valence-electron chi connectivity index (χ2n) is 4.72. The molecule has 0 N–H and O–H groups in total. The Morgan fingerprint density at radius 2 is 1.87 bits per heavy atom. The van der Waals surface area contributed by atoms with E-state index in [0.717, 1.165) is 15.4 Å². The number of hydrogen-bond acceptors (Lipinski definition) is 5. The van der Waals surface area contributed by atoms with Crippen LogP contribution in [0, 0.1) is 0 Å². The Balaban J connectivity index is 2.56. The first kappa shape index (κ1) is 17.1. The second kappa shape index (κ2) is 6.49. The standard InChI is InChI=1S/C13H11BrF3N5O/c1-21(2)7-10(11(23)13(15,16)17)12-18-19-20-22(12)9-5-3-8(14)4-6-9/h3-7H,1-2H3/b10-7-. The van der Waals surface area contributed by atoms with Crippen molar-refractivity contribution < 1.29 is 18.0 Å². The normalized spacial score (nSPS) is 12.3. The number of ketones is 1. The molecule has 2 aromatic rings. The average Bonchev–Trinajstić information content (AvgIpc) is 2.92. The molecule has 1 heterocycles. The molecule has 0 spiro atoms. The van der Waals surface area contributed by atoms with Crippen LogP contribution < -0.4 is 0 Å². The summed E-state index contributed by atoms with van der Waals surface area (Å²) >= 11 is 3.26. The van der Waals surface area contributed by atoms with E-state index >= 15 is 0 Å². The van der Waals surface area contributed by atoms with Crippen molar-refractivity contribution >= 4 is 27.3 Å². The van der Waals surface area contributed by atoms with Gasteiger partial charge in [0, 0.05) is 24.8 Å². The lowest BCUT2D eigenvalue weighted by Gasteiger charge is -2.13. The lowest BCUT2D eigenvalue weighted by molar-refractivity contribution is -0.164. The predicted octanol–water partition coefficient (Wildman–Crippen LogP) is 2.46. The maximum atomic E-state index is 12.8. The topological polar surface area (TPSA) is 63.9 Å². The van der Waals surface area contributed by atoms with E-state index in [1.807, 2.05) is 0 Å². The maximum Gasteiger partial charge on any atom is 0.455 e. The first-order valence-electron chi connectivity index (χ1n) is 6.24. The fourth-order valence-corrected chi connectivity index (χ4v) is 2.00. The minimum atomic E-state index is -5.03. The number of nitrogens with zero attached hydrogens (tertiary/aromatic N) is 5. The van der Waals surface area contributed by atoms with Crippen molar-refractivity contribution in [2.24, 2.45) is 0 Å². The number of carbonyl (C=O) groups is 1. The van der Waals surface area contributed by atoms with E-state index in [1.54, 1.807) is 24.3 Å². The summed E-state index contributed by atoms with van der Waals surface area (Å²) in [5.41, 5.74) is -0.219. The number of allylic oxidation sites excluding steroid dienone is 1. The summed E-state index contributed by atoms with van der Waals surface area (Å²) in [6.07, 6.45) is -3.99. The number of carbonyl (C=O) groups excluding carboxylic acids is 1. The van der Waals surface area contributed by atoms with Crippen LogP contribution >= 0.6 is 15.9 Å². The molecular formula is C13H11BrF3N5O. The lowest BCUT2D eigenvalue weighted by atomic mass is 10.1. The summed E-state index contributed by atoms with van der Waals surface area (Å²) < 4.78 is 40.4. The molecule has 0 bridgehead atoms. The van der Waals surface area contributed by atoms with Crippen LogP contribution in [0.5, 0.6) is 0 Å².